The Kier molecular flexibility index (Phi) is 6.98. The Morgan fingerprint density at radius 3 is 2.27 bits per heavy atom. The molecule has 2 aliphatic rings. The zero-order valence-electron chi connectivity index (χ0n) is 16.7. The van der Waals surface area contributed by atoms with Crippen LogP contribution in [0.15, 0.2) is 30.3 Å². The van der Waals surface area contributed by atoms with E-state index in [0.29, 0.717) is 5.56 Å². The molecule has 1 aromatic rings. The average molecular weight is 425 g/mol. The molecule has 0 bridgehead atoms. The highest BCUT2D eigenvalue weighted by atomic mass is 16.7. The first-order valence-electron chi connectivity index (χ1n) is 9.22. The molecule has 1 aromatic carbocycles. The smallest absolute Gasteiger partial charge is 0.320 e. The van der Waals surface area contributed by atoms with E-state index in [-0.39, 0.29) is 6.61 Å². The molecular weight excluding hydrogens is 402 g/mol. The summed E-state index contributed by atoms with van der Waals surface area (Å²) in [5.41, 5.74) is 0.668. The van der Waals surface area contributed by atoms with Crippen molar-refractivity contribution >= 4 is 11.9 Å². The van der Waals surface area contributed by atoms with Crippen LogP contribution in [-0.4, -0.2) is 69.3 Å². The number of rotatable bonds is 6. The van der Waals surface area contributed by atoms with Crippen molar-refractivity contribution in [2.75, 3.05) is 27.9 Å². The van der Waals surface area contributed by atoms with E-state index in [1.54, 1.807) is 24.3 Å². The van der Waals surface area contributed by atoms with Gasteiger partial charge in [0, 0.05) is 17.6 Å². The fraction of sp³-hybridized carbons (Fsp3) is 0.579. The third-order valence-electron chi connectivity index (χ3n) is 5.26. The lowest BCUT2D eigenvalue weighted by Crippen LogP contribution is -2.65. The molecule has 2 aliphatic heterocycles. The van der Waals surface area contributed by atoms with Gasteiger partial charge in [0.1, 0.15) is 12.0 Å². The van der Waals surface area contributed by atoms with Gasteiger partial charge in [0.2, 0.25) is 0 Å². The molecule has 0 N–H and O–H groups in total. The molecule has 11 nitrogen and oxygen atoms in total. The number of ether oxygens (including phenoxy) is 6. The Morgan fingerprint density at radius 2 is 1.73 bits per heavy atom. The summed E-state index contributed by atoms with van der Waals surface area (Å²) >= 11 is 0. The van der Waals surface area contributed by atoms with Crippen molar-refractivity contribution in [1.29, 1.82) is 0 Å². The van der Waals surface area contributed by atoms with Gasteiger partial charge in [0.25, 0.3) is 6.04 Å². The molecular formula is C19H23NO10. The molecule has 2 heterocycles. The van der Waals surface area contributed by atoms with Crippen molar-refractivity contribution < 1.29 is 42.9 Å². The Hall–Kier alpha value is -2.60. The number of fused-ring (bicyclic) bond motifs is 1. The summed E-state index contributed by atoms with van der Waals surface area (Å²) in [6.07, 6.45) is -4.07. The minimum Gasteiger partial charge on any atom is -0.468 e. The third kappa shape index (κ3) is 4.15. The largest absolute Gasteiger partial charge is 0.468 e. The van der Waals surface area contributed by atoms with E-state index in [1.807, 2.05) is 6.07 Å². The summed E-state index contributed by atoms with van der Waals surface area (Å²) in [6, 6.07) is 7.38. The van der Waals surface area contributed by atoms with Gasteiger partial charge in [-0.3, -0.25) is 19.7 Å². The molecule has 0 aliphatic carbocycles. The van der Waals surface area contributed by atoms with E-state index in [9.17, 15) is 19.7 Å². The van der Waals surface area contributed by atoms with Crippen molar-refractivity contribution in [3.8, 4) is 0 Å². The number of nitrogens with zero attached hydrogens (tertiary/aromatic N) is 1. The Balaban J connectivity index is 1.98. The average Bonchev–Trinajstić information content (AvgIpc) is 2.78. The summed E-state index contributed by atoms with van der Waals surface area (Å²) in [4.78, 5) is 36.3. The fourth-order valence-corrected chi connectivity index (χ4v) is 3.88. The topological polar surface area (TPSA) is 133 Å². The second kappa shape index (κ2) is 9.47. The molecule has 1 unspecified atom stereocenters. The molecule has 6 atom stereocenters. The number of hydrogen-bond acceptors (Lipinski definition) is 10. The molecule has 30 heavy (non-hydrogen) atoms. The highest BCUT2D eigenvalue weighted by molar-refractivity contribution is 5.95. The Morgan fingerprint density at radius 1 is 1.10 bits per heavy atom. The van der Waals surface area contributed by atoms with Crippen LogP contribution >= 0.6 is 0 Å². The monoisotopic (exact) mass is 425 g/mol. The van der Waals surface area contributed by atoms with E-state index in [1.165, 1.54) is 7.11 Å². The Bertz CT molecular complexity index is 756. The molecule has 2 fully saturated rings. The van der Waals surface area contributed by atoms with Crippen molar-refractivity contribution in [3.05, 3.63) is 46.0 Å². The quantitative estimate of drug-likeness (QED) is 0.277. The van der Waals surface area contributed by atoms with Gasteiger partial charge in [-0.05, 0) is 0 Å². The number of esters is 2. The number of methoxy groups -OCH3 is 3. The van der Waals surface area contributed by atoms with Gasteiger partial charge < -0.3 is 28.4 Å². The van der Waals surface area contributed by atoms with Crippen LogP contribution in [-0.2, 0) is 38.0 Å². The van der Waals surface area contributed by atoms with Gasteiger partial charge in [-0.1, -0.05) is 30.3 Å². The van der Waals surface area contributed by atoms with E-state index in [0.717, 1.165) is 14.2 Å². The third-order valence-corrected chi connectivity index (χ3v) is 5.26. The van der Waals surface area contributed by atoms with Crippen molar-refractivity contribution in [3.63, 3.8) is 0 Å². The van der Waals surface area contributed by atoms with Crippen molar-refractivity contribution in [1.82, 2.24) is 0 Å². The standard InChI is InChI=1S/C19H23NO10/c1-25-16(21)13(17(22)26-2)12-14(20(23)24)15-11(29-19(12)27-3)9-28-18(30-15)10-7-5-4-6-8-10/h4-8,11-15,18-19H,9H2,1-3H3/t11-,12+,14-,15-,18?,19+/m1/s1. The highest BCUT2D eigenvalue weighted by Gasteiger charge is 2.61. The second-order valence-corrected chi connectivity index (χ2v) is 6.83. The minimum atomic E-state index is -1.64. The highest BCUT2D eigenvalue weighted by Crippen LogP contribution is 2.41. The lowest BCUT2D eigenvalue weighted by Gasteiger charge is -2.46. The number of carbonyl (C=O) groups is 2. The second-order valence-electron chi connectivity index (χ2n) is 6.83. The number of benzene rings is 1. The number of nitro groups is 1. The van der Waals surface area contributed by atoms with E-state index >= 15 is 0 Å². The summed E-state index contributed by atoms with van der Waals surface area (Å²) < 4.78 is 32.0. The molecule has 164 valence electrons. The van der Waals surface area contributed by atoms with Crippen LogP contribution in [0.25, 0.3) is 0 Å². The molecule has 0 radical (unpaired) electrons. The molecule has 3 rings (SSSR count). The summed E-state index contributed by atoms with van der Waals surface area (Å²) in [7, 11) is 3.41. The Labute approximate surface area is 172 Å². The normalized spacial score (nSPS) is 30.9. The first-order valence-corrected chi connectivity index (χ1v) is 9.22. The molecule has 0 aromatic heterocycles. The van der Waals surface area contributed by atoms with E-state index in [2.05, 4.69) is 0 Å². The summed E-state index contributed by atoms with van der Waals surface area (Å²) in [6.45, 7) is 0.00224. The van der Waals surface area contributed by atoms with Crippen molar-refractivity contribution in [2.24, 2.45) is 11.8 Å². The van der Waals surface area contributed by atoms with Crippen LogP contribution in [0.1, 0.15) is 11.9 Å². The van der Waals surface area contributed by atoms with Gasteiger partial charge in [-0.25, -0.2) is 0 Å². The molecule has 0 spiro atoms. The first kappa shape index (κ1) is 22.1. The predicted molar refractivity (Wildman–Crippen MR) is 97.5 cm³/mol. The predicted octanol–water partition coefficient (Wildman–Crippen LogP) is 0.696. The molecule has 11 heteroatoms. The lowest BCUT2D eigenvalue weighted by atomic mass is 9.79. The molecule has 2 saturated heterocycles. The van der Waals surface area contributed by atoms with Crippen LogP contribution in [0, 0.1) is 22.0 Å². The fourth-order valence-electron chi connectivity index (χ4n) is 3.88. The zero-order valence-corrected chi connectivity index (χ0v) is 16.7. The summed E-state index contributed by atoms with van der Waals surface area (Å²) in [5.74, 6) is -4.97. The SMILES string of the molecule is COC(=O)C(C(=O)OC)[C@@H]1[C@@H](OC)O[C@@H]2COC(c3ccccc3)O[C@H]2[C@@H]1[N+](=O)[O-]. The van der Waals surface area contributed by atoms with Crippen LogP contribution in [0.5, 0.6) is 0 Å². The lowest BCUT2D eigenvalue weighted by molar-refractivity contribution is -0.573. The minimum absolute atomic E-state index is 0.00224. The van der Waals surface area contributed by atoms with Crippen LogP contribution in [0.2, 0.25) is 0 Å². The number of carbonyl (C=O) groups excluding carboxylic acids is 2. The molecule has 0 saturated carbocycles. The van der Waals surface area contributed by atoms with E-state index in [4.69, 9.17) is 28.4 Å². The summed E-state index contributed by atoms with van der Waals surface area (Å²) in [5, 5.41) is 12.1. The van der Waals surface area contributed by atoms with Crippen LogP contribution in [0.3, 0.4) is 0 Å². The van der Waals surface area contributed by atoms with Gasteiger partial charge >= 0.3 is 11.9 Å². The van der Waals surface area contributed by atoms with Gasteiger partial charge in [-0.2, -0.15) is 0 Å². The van der Waals surface area contributed by atoms with Gasteiger partial charge in [0.15, 0.2) is 24.6 Å². The van der Waals surface area contributed by atoms with Crippen LogP contribution < -0.4 is 0 Å². The molecule has 0 amide bonds. The zero-order chi connectivity index (χ0) is 21.8. The first-order chi connectivity index (χ1) is 14.4. The van der Waals surface area contributed by atoms with Gasteiger partial charge in [-0.15, -0.1) is 0 Å². The van der Waals surface area contributed by atoms with Gasteiger partial charge in [0.05, 0.1) is 20.8 Å². The maximum Gasteiger partial charge on any atom is 0.320 e. The van der Waals surface area contributed by atoms with Crippen molar-refractivity contribution in [2.45, 2.75) is 30.8 Å². The maximum absolute atomic E-state index is 12.4. The number of hydrogen-bond donors (Lipinski definition) is 0. The van der Waals surface area contributed by atoms with Crippen LogP contribution in [0.4, 0.5) is 0 Å². The maximum atomic E-state index is 12.4. The van der Waals surface area contributed by atoms with E-state index < -0.39 is 59.5 Å².